The van der Waals surface area contributed by atoms with Gasteiger partial charge in [0.15, 0.2) is 0 Å². The van der Waals surface area contributed by atoms with Gasteiger partial charge in [-0.25, -0.2) is 13.2 Å². The average molecular weight is 353 g/mol. The molecule has 1 nitrogen and oxygen atoms in total. The van der Waals surface area contributed by atoms with Crippen molar-refractivity contribution in [3.05, 3.63) is 57.3 Å². The maximum atomic E-state index is 13.5. The predicted octanol–water partition coefficient (Wildman–Crippen LogP) is 5.25. The molecule has 0 unspecified atom stereocenters. The Morgan fingerprint density at radius 3 is 1.90 bits per heavy atom. The van der Waals surface area contributed by atoms with E-state index in [4.69, 9.17) is 4.74 Å². The average Bonchev–Trinajstić information content (AvgIpc) is 2.43. The molecular weight excluding hydrogens is 347 g/mol. The Labute approximate surface area is 119 Å². The minimum absolute atomic E-state index is 0.0254. The van der Waals surface area contributed by atoms with E-state index in [0.29, 0.717) is 10.0 Å². The van der Waals surface area contributed by atoms with Gasteiger partial charge in [0, 0.05) is 4.47 Å². The second-order valence-corrected chi connectivity index (χ2v) is 4.83. The van der Waals surface area contributed by atoms with Crippen LogP contribution in [0.25, 0.3) is 0 Å². The number of hydrogen-bond acceptors (Lipinski definition) is 1. The van der Waals surface area contributed by atoms with Crippen molar-refractivity contribution in [1.82, 2.24) is 0 Å². The summed E-state index contributed by atoms with van der Waals surface area (Å²) < 4.78 is 71.3. The molecule has 0 aliphatic heterocycles. The Morgan fingerprint density at radius 2 is 1.35 bits per heavy atom. The minimum atomic E-state index is -2.22. The molecule has 0 heterocycles. The topological polar surface area (TPSA) is 9.23 Å². The standard InChI is InChI=1S/C13H6BrF5O/c1-5-2-3-6(14)4-7(5)20-13-11(18)9(16)8(15)10(17)12(13)19/h2-4H,1H3. The number of rotatable bonds is 2. The molecule has 106 valence electrons. The molecule has 0 fully saturated rings. The molecule has 0 saturated heterocycles. The summed E-state index contributed by atoms with van der Waals surface area (Å²) in [6, 6.07) is 4.56. The Morgan fingerprint density at radius 1 is 0.850 bits per heavy atom. The second kappa shape index (κ2) is 5.40. The van der Waals surface area contributed by atoms with Crippen molar-refractivity contribution in [1.29, 1.82) is 0 Å². The molecule has 0 spiro atoms. The van der Waals surface area contributed by atoms with Crippen LogP contribution < -0.4 is 4.74 Å². The van der Waals surface area contributed by atoms with Crippen LogP contribution in [0.2, 0.25) is 0 Å². The zero-order valence-electron chi connectivity index (χ0n) is 9.91. The highest BCUT2D eigenvalue weighted by molar-refractivity contribution is 9.10. The second-order valence-electron chi connectivity index (χ2n) is 3.91. The Bertz CT molecular complexity index is 658. The lowest BCUT2D eigenvalue weighted by Crippen LogP contribution is -2.04. The molecule has 2 aromatic carbocycles. The van der Waals surface area contributed by atoms with Gasteiger partial charge in [0.1, 0.15) is 5.75 Å². The fourth-order valence-electron chi connectivity index (χ4n) is 1.47. The van der Waals surface area contributed by atoms with E-state index in [1.165, 1.54) is 6.07 Å². The first kappa shape index (κ1) is 14.8. The van der Waals surface area contributed by atoms with Gasteiger partial charge < -0.3 is 4.74 Å². The van der Waals surface area contributed by atoms with Gasteiger partial charge in [-0.3, -0.25) is 0 Å². The molecule has 0 radical (unpaired) electrons. The Kier molecular flexibility index (Phi) is 3.99. The van der Waals surface area contributed by atoms with Crippen molar-refractivity contribution < 1.29 is 26.7 Å². The summed E-state index contributed by atoms with van der Waals surface area (Å²) in [6.45, 7) is 1.56. The first-order valence-corrected chi connectivity index (χ1v) is 6.07. The first-order valence-electron chi connectivity index (χ1n) is 5.28. The van der Waals surface area contributed by atoms with Crippen LogP contribution in [0.15, 0.2) is 22.7 Å². The highest BCUT2D eigenvalue weighted by Gasteiger charge is 2.27. The fourth-order valence-corrected chi connectivity index (χ4v) is 1.81. The summed E-state index contributed by atoms with van der Waals surface area (Å²) in [6.07, 6.45) is 0. The number of ether oxygens (including phenoxy) is 1. The van der Waals surface area contributed by atoms with E-state index in [9.17, 15) is 22.0 Å². The van der Waals surface area contributed by atoms with Gasteiger partial charge in [0.2, 0.25) is 34.8 Å². The molecule has 0 aliphatic carbocycles. The lowest BCUT2D eigenvalue weighted by atomic mass is 10.2. The smallest absolute Gasteiger partial charge is 0.207 e. The third-order valence-electron chi connectivity index (χ3n) is 2.53. The van der Waals surface area contributed by atoms with Crippen molar-refractivity contribution >= 4 is 15.9 Å². The highest BCUT2D eigenvalue weighted by atomic mass is 79.9. The molecule has 7 heteroatoms. The third-order valence-corrected chi connectivity index (χ3v) is 3.02. The van der Waals surface area contributed by atoms with Crippen LogP contribution in [0, 0.1) is 36.0 Å². The fraction of sp³-hybridized carbons (Fsp3) is 0.0769. The monoisotopic (exact) mass is 352 g/mol. The van der Waals surface area contributed by atoms with Crippen molar-refractivity contribution in [3.8, 4) is 11.5 Å². The van der Waals surface area contributed by atoms with E-state index in [0.717, 1.165) is 0 Å². The lowest BCUT2D eigenvalue weighted by molar-refractivity contribution is 0.331. The molecule has 2 aromatic rings. The third kappa shape index (κ3) is 2.49. The van der Waals surface area contributed by atoms with Crippen LogP contribution in [0.1, 0.15) is 5.56 Å². The molecule has 0 saturated carbocycles. The SMILES string of the molecule is Cc1ccc(Br)cc1Oc1c(F)c(F)c(F)c(F)c1F. The minimum Gasteiger partial charge on any atom is -0.451 e. The van der Waals surface area contributed by atoms with Crippen LogP contribution in [0.3, 0.4) is 0 Å². The van der Waals surface area contributed by atoms with E-state index in [-0.39, 0.29) is 5.75 Å². The number of benzene rings is 2. The number of halogens is 6. The molecule has 0 amide bonds. The number of aryl methyl sites for hydroxylation is 1. The summed E-state index contributed by atoms with van der Waals surface area (Å²) in [5.41, 5.74) is 0.470. The zero-order valence-corrected chi connectivity index (χ0v) is 11.5. The summed E-state index contributed by atoms with van der Waals surface area (Å²) in [7, 11) is 0. The molecule has 20 heavy (non-hydrogen) atoms. The van der Waals surface area contributed by atoms with Gasteiger partial charge in [0.25, 0.3) is 0 Å². The maximum absolute atomic E-state index is 13.5. The van der Waals surface area contributed by atoms with Crippen molar-refractivity contribution in [2.75, 3.05) is 0 Å². The van der Waals surface area contributed by atoms with Gasteiger partial charge >= 0.3 is 0 Å². The first-order chi connectivity index (χ1) is 9.32. The van der Waals surface area contributed by atoms with Crippen molar-refractivity contribution in [2.45, 2.75) is 6.92 Å². The van der Waals surface area contributed by atoms with Gasteiger partial charge in [-0.15, -0.1) is 0 Å². The quantitative estimate of drug-likeness (QED) is 0.407. The largest absolute Gasteiger partial charge is 0.451 e. The molecule has 0 aromatic heterocycles. The van der Waals surface area contributed by atoms with Gasteiger partial charge in [-0.1, -0.05) is 22.0 Å². The van der Waals surface area contributed by atoms with E-state index in [1.807, 2.05) is 0 Å². The highest BCUT2D eigenvalue weighted by Crippen LogP contribution is 2.34. The molecule has 0 bridgehead atoms. The van der Waals surface area contributed by atoms with Gasteiger partial charge in [-0.05, 0) is 24.6 Å². The van der Waals surface area contributed by atoms with E-state index >= 15 is 0 Å². The van der Waals surface area contributed by atoms with Crippen molar-refractivity contribution in [3.63, 3.8) is 0 Å². The summed E-state index contributed by atoms with van der Waals surface area (Å²) in [5.74, 6) is -11.7. The van der Waals surface area contributed by atoms with Crippen LogP contribution in [-0.2, 0) is 0 Å². The van der Waals surface area contributed by atoms with Crippen LogP contribution >= 0.6 is 15.9 Å². The van der Waals surface area contributed by atoms with Crippen LogP contribution in [-0.4, -0.2) is 0 Å². The Hall–Kier alpha value is -1.63. The summed E-state index contributed by atoms with van der Waals surface area (Å²) in [5, 5.41) is 0. The van der Waals surface area contributed by atoms with Crippen LogP contribution in [0.5, 0.6) is 11.5 Å². The predicted molar refractivity (Wildman–Crippen MR) is 65.2 cm³/mol. The molecule has 2 rings (SSSR count). The van der Waals surface area contributed by atoms with Crippen LogP contribution in [0.4, 0.5) is 22.0 Å². The normalized spacial score (nSPS) is 10.8. The molecular formula is C13H6BrF5O. The van der Waals surface area contributed by atoms with Gasteiger partial charge in [-0.2, -0.15) is 8.78 Å². The van der Waals surface area contributed by atoms with E-state index in [2.05, 4.69) is 15.9 Å². The molecule has 0 aliphatic rings. The summed E-state index contributed by atoms with van der Waals surface area (Å²) >= 11 is 3.11. The Balaban J connectivity index is 2.57. The molecule has 0 N–H and O–H groups in total. The van der Waals surface area contributed by atoms with E-state index in [1.54, 1.807) is 19.1 Å². The molecule has 0 atom stereocenters. The number of hydrogen-bond donors (Lipinski definition) is 0. The zero-order chi connectivity index (χ0) is 15.0. The van der Waals surface area contributed by atoms with Gasteiger partial charge in [0.05, 0.1) is 0 Å². The summed E-state index contributed by atoms with van der Waals surface area (Å²) in [4.78, 5) is 0. The van der Waals surface area contributed by atoms with E-state index < -0.39 is 34.8 Å². The lowest BCUT2D eigenvalue weighted by Gasteiger charge is -2.12. The maximum Gasteiger partial charge on any atom is 0.207 e. The van der Waals surface area contributed by atoms with Crippen molar-refractivity contribution in [2.24, 2.45) is 0 Å².